The Morgan fingerprint density at radius 1 is 1.05 bits per heavy atom. The van der Waals surface area contributed by atoms with E-state index in [1.54, 1.807) is 0 Å². The normalized spacial score (nSPS) is 14.5. The summed E-state index contributed by atoms with van der Waals surface area (Å²) in [6.45, 7) is 10.2. The molecule has 0 aliphatic rings. The van der Waals surface area contributed by atoms with Gasteiger partial charge in [-0.25, -0.2) is 4.98 Å². The van der Waals surface area contributed by atoms with Gasteiger partial charge >= 0.3 is 0 Å². The van der Waals surface area contributed by atoms with Crippen LogP contribution in [-0.2, 0) is 6.54 Å². The summed E-state index contributed by atoms with van der Waals surface area (Å²) in [7, 11) is 0. The predicted molar refractivity (Wildman–Crippen MR) is 83.4 cm³/mol. The van der Waals surface area contributed by atoms with Crippen LogP contribution in [0.25, 0.3) is 0 Å². The third-order valence-electron chi connectivity index (χ3n) is 4.09. The monoisotopic (exact) mass is 264 g/mol. The van der Waals surface area contributed by atoms with E-state index >= 15 is 0 Å². The van der Waals surface area contributed by atoms with Crippen molar-refractivity contribution in [1.29, 1.82) is 0 Å². The Balaban J connectivity index is 2.52. The first-order chi connectivity index (χ1) is 9.09. The molecule has 1 atom stereocenters. The molecule has 1 aromatic rings. The van der Waals surface area contributed by atoms with Gasteiger partial charge in [0.1, 0.15) is 0 Å². The maximum absolute atomic E-state index is 4.35. The SMILES string of the molecule is CCCCCCC(C)(CCCC)Cn1cnc(C)c1. The minimum absolute atomic E-state index is 0.441. The number of hydrogen-bond acceptors (Lipinski definition) is 1. The van der Waals surface area contributed by atoms with Gasteiger partial charge in [0, 0.05) is 12.7 Å². The summed E-state index contributed by atoms with van der Waals surface area (Å²) in [5.74, 6) is 0. The summed E-state index contributed by atoms with van der Waals surface area (Å²) in [5, 5.41) is 0. The van der Waals surface area contributed by atoms with E-state index in [1.807, 2.05) is 6.33 Å². The molecule has 0 saturated heterocycles. The Labute approximate surface area is 119 Å². The van der Waals surface area contributed by atoms with E-state index in [9.17, 15) is 0 Å². The molecule has 0 spiro atoms. The Bertz CT molecular complexity index is 343. The second-order valence-corrected chi connectivity index (χ2v) is 6.41. The summed E-state index contributed by atoms with van der Waals surface area (Å²) in [6.07, 6.45) is 15.0. The summed E-state index contributed by atoms with van der Waals surface area (Å²) in [6, 6.07) is 0. The number of aromatic nitrogens is 2. The molecule has 0 aliphatic heterocycles. The summed E-state index contributed by atoms with van der Waals surface area (Å²) in [4.78, 5) is 4.35. The van der Waals surface area contributed by atoms with Gasteiger partial charge < -0.3 is 4.57 Å². The van der Waals surface area contributed by atoms with Crippen LogP contribution in [0.4, 0.5) is 0 Å². The molecule has 1 aromatic heterocycles. The van der Waals surface area contributed by atoms with Gasteiger partial charge in [0.05, 0.1) is 12.0 Å². The number of imidazole rings is 1. The van der Waals surface area contributed by atoms with Crippen LogP contribution in [0.1, 0.15) is 77.8 Å². The van der Waals surface area contributed by atoms with Crippen LogP contribution in [0.2, 0.25) is 0 Å². The van der Waals surface area contributed by atoms with Crippen LogP contribution < -0.4 is 0 Å². The van der Waals surface area contributed by atoms with Gasteiger partial charge in [-0.1, -0.05) is 59.3 Å². The second-order valence-electron chi connectivity index (χ2n) is 6.41. The highest BCUT2D eigenvalue weighted by atomic mass is 15.0. The standard InChI is InChI=1S/C17H32N2/c1-5-7-9-10-12-17(4,11-8-6-2)14-19-13-16(3)18-15-19/h13,15H,5-12,14H2,1-4H3. The smallest absolute Gasteiger partial charge is 0.0949 e. The van der Waals surface area contributed by atoms with E-state index < -0.39 is 0 Å². The Kier molecular flexibility index (Phi) is 7.19. The number of unbranched alkanes of at least 4 members (excludes halogenated alkanes) is 4. The zero-order chi connectivity index (χ0) is 14.1. The van der Waals surface area contributed by atoms with Crippen molar-refractivity contribution in [3.63, 3.8) is 0 Å². The van der Waals surface area contributed by atoms with Gasteiger partial charge in [0.15, 0.2) is 0 Å². The molecule has 1 unspecified atom stereocenters. The van der Waals surface area contributed by atoms with Crippen LogP contribution in [0.5, 0.6) is 0 Å². The quantitative estimate of drug-likeness (QED) is 0.520. The minimum atomic E-state index is 0.441. The van der Waals surface area contributed by atoms with E-state index in [4.69, 9.17) is 0 Å². The zero-order valence-corrected chi connectivity index (χ0v) is 13.4. The number of nitrogens with zero attached hydrogens (tertiary/aromatic N) is 2. The lowest BCUT2D eigenvalue weighted by atomic mass is 9.80. The molecule has 0 aromatic carbocycles. The molecule has 2 nitrogen and oxygen atoms in total. The van der Waals surface area contributed by atoms with Crippen molar-refractivity contribution in [3.8, 4) is 0 Å². The Morgan fingerprint density at radius 3 is 2.32 bits per heavy atom. The molecular formula is C17H32N2. The van der Waals surface area contributed by atoms with Gasteiger partial charge in [-0.2, -0.15) is 0 Å². The highest BCUT2D eigenvalue weighted by Crippen LogP contribution is 2.33. The van der Waals surface area contributed by atoms with Crippen molar-refractivity contribution in [2.45, 2.75) is 85.6 Å². The van der Waals surface area contributed by atoms with E-state index in [0.29, 0.717) is 5.41 Å². The van der Waals surface area contributed by atoms with Crippen molar-refractivity contribution >= 4 is 0 Å². The lowest BCUT2D eigenvalue weighted by Crippen LogP contribution is -2.23. The van der Waals surface area contributed by atoms with Crippen molar-refractivity contribution < 1.29 is 0 Å². The second kappa shape index (κ2) is 8.39. The van der Waals surface area contributed by atoms with Crippen molar-refractivity contribution in [2.75, 3.05) is 0 Å². The van der Waals surface area contributed by atoms with Crippen molar-refractivity contribution in [3.05, 3.63) is 18.2 Å². The molecule has 0 bridgehead atoms. The maximum Gasteiger partial charge on any atom is 0.0949 e. The van der Waals surface area contributed by atoms with Crippen LogP contribution in [-0.4, -0.2) is 9.55 Å². The fraction of sp³-hybridized carbons (Fsp3) is 0.824. The van der Waals surface area contributed by atoms with E-state index in [0.717, 1.165) is 12.2 Å². The van der Waals surface area contributed by atoms with Gasteiger partial charge in [-0.3, -0.25) is 0 Å². The topological polar surface area (TPSA) is 17.8 Å². The number of rotatable bonds is 10. The first kappa shape index (κ1) is 16.3. The number of hydrogen-bond donors (Lipinski definition) is 0. The number of aryl methyl sites for hydroxylation is 1. The van der Waals surface area contributed by atoms with Crippen molar-refractivity contribution in [2.24, 2.45) is 5.41 Å². The summed E-state index contributed by atoms with van der Waals surface area (Å²) >= 11 is 0. The summed E-state index contributed by atoms with van der Waals surface area (Å²) < 4.78 is 2.28. The molecule has 0 aliphatic carbocycles. The van der Waals surface area contributed by atoms with Gasteiger partial charge in [-0.05, 0) is 25.2 Å². The van der Waals surface area contributed by atoms with Crippen LogP contribution in [0, 0.1) is 12.3 Å². The highest BCUT2D eigenvalue weighted by molar-refractivity contribution is 4.93. The maximum atomic E-state index is 4.35. The molecule has 110 valence electrons. The first-order valence-electron chi connectivity index (χ1n) is 8.08. The van der Waals surface area contributed by atoms with Crippen molar-refractivity contribution in [1.82, 2.24) is 9.55 Å². The van der Waals surface area contributed by atoms with E-state index in [2.05, 4.69) is 43.4 Å². The Hall–Kier alpha value is -0.790. The molecule has 0 radical (unpaired) electrons. The average Bonchev–Trinajstić information content (AvgIpc) is 2.78. The Morgan fingerprint density at radius 2 is 1.74 bits per heavy atom. The summed E-state index contributed by atoms with van der Waals surface area (Å²) in [5.41, 5.74) is 1.57. The fourth-order valence-corrected chi connectivity index (χ4v) is 2.86. The van der Waals surface area contributed by atoms with E-state index in [-0.39, 0.29) is 0 Å². The van der Waals surface area contributed by atoms with Crippen LogP contribution >= 0.6 is 0 Å². The van der Waals surface area contributed by atoms with Crippen LogP contribution in [0.3, 0.4) is 0 Å². The van der Waals surface area contributed by atoms with Gasteiger partial charge in [-0.15, -0.1) is 0 Å². The van der Waals surface area contributed by atoms with E-state index in [1.165, 1.54) is 51.4 Å². The highest BCUT2D eigenvalue weighted by Gasteiger charge is 2.23. The van der Waals surface area contributed by atoms with Gasteiger partial charge in [0.2, 0.25) is 0 Å². The molecule has 19 heavy (non-hydrogen) atoms. The predicted octanol–water partition coefficient (Wildman–Crippen LogP) is 5.36. The third kappa shape index (κ3) is 6.26. The third-order valence-corrected chi connectivity index (χ3v) is 4.09. The molecule has 2 heteroatoms. The molecular weight excluding hydrogens is 232 g/mol. The minimum Gasteiger partial charge on any atom is -0.337 e. The fourth-order valence-electron chi connectivity index (χ4n) is 2.86. The average molecular weight is 264 g/mol. The molecule has 0 saturated carbocycles. The molecule has 1 rings (SSSR count). The molecule has 1 heterocycles. The zero-order valence-electron chi connectivity index (χ0n) is 13.4. The van der Waals surface area contributed by atoms with Crippen LogP contribution in [0.15, 0.2) is 12.5 Å². The molecule has 0 fully saturated rings. The first-order valence-corrected chi connectivity index (χ1v) is 8.08. The lowest BCUT2D eigenvalue weighted by molar-refractivity contribution is 0.214. The van der Waals surface area contributed by atoms with Gasteiger partial charge in [0.25, 0.3) is 0 Å². The molecule has 0 amide bonds. The molecule has 0 N–H and O–H groups in total. The lowest BCUT2D eigenvalue weighted by Gasteiger charge is -2.30. The largest absolute Gasteiger partial charge is 0.337 e.